The average molecular weight is 490 g/mol. The van der Waals surface area contributed by atoms with Crippen LogP contribution in [0.25, 0.3) is 11.4 Å². The van der Waals surface area contributed by atoms with Crippen molar-refractivity contribution < 1.29 is 4.79 Å². The summed E-state index contributed by atoms with van der Waals surface area (Å²) < 4.78 is 1.96. The fraction of sp³-hybridized carbons (Fsp3) is 0.348. The van der Waals surface area contributed by atoms with Crippen LogP contribution in [-0.2, 0) is 17.9 Å². The van der Waals surface area contributed by atoms with Gasteiger partial charge in [-0.15, -0.1) is 10.2 Å². The highest BCUT2D eigenvalue weighted by molar-refractivity contribution is 7.99. The quantitative estimate of drug-likeness (QED) is 0.462. The van der Waals surface area contributed by atoms with Crippen LogP contribution >= 0.6 is 35.0 Å². The Labute approximate surface area is 202 Å². The highest BCUT2D eigenvalue weighted by atomic mass is 35.5. The Bertz CT molecular complexity index is 1080. The van der Waals surface area contributed by atoms with Crippen LogP contribution in [0.1, 0.15) is 18.9 Å². The van der Waals surface area contributed by atoms with E-state index in [2.05, 4.69) is 44.7 Å². The Morgan fingerprint density at radius 3 is 2.75 bits per heavy atom. The van der Waals surface area contributed by atoms with E-state index in [0.717, 1.165) is 31.6 Å². The SMILES string of the molecule is CCn1c(SCC(=O)NC2CCN(Cc3ccccc3)C2)nnc1-c1ccc(Cl)cc1Cl. The van der Waals surface area contributed by atoms with Crippen molar-refractivity contribution >= 4 is 40.9 Å². The van der Waals surface area contributed by atoms with Crippen LogP contribution in [-0.4, -0.2) is 50.5 Å². The molecule has 1 aliphatic rings. The van der Waals surface area contributed by atoms with Crippen molar-refractivity contribution in [2.75, 3.05) is 18.8 Å². The van der Waals surface area contributed by atoms with Crippen molar-refractivity contribution in [2.24, 2.45) is 0 Å². The van der Waals surface area contributed by atoms with Gasteiger partial charge in [0, 0.05) is 42.8 Å². The van der Waals surface area contributed by atoms with Gasteiger partial charge in [0.2, 0.25) is 5.91 Å². The first-order valence-corrected chi connectivity index (χ1v) is 12.3. The molecule has 32 heavy (non-hydrogen) atoms. The maximum Gasteiger partial charge on any atom is 0.230 e. The van der Waals surface area contributed by atoms with E-state index in [1.807, 2.05) is 23.6 Å². The molecule has 1 unspecified atom stereocenters. The van der Waals surface area contributed by atoms with Gasteiger partial charge in [-0.05, 0) is 37.1 Å². The van der Waals surface area contributed by atoms with E-state index in [4.69, 9.17) is 23.2 Å². The molecule has 0 radical (unpaired) electrons. The second-order valence-corrected chi connectivity index (χ2v) is 9.52. The van der Waals surface area contributed by atoms with E-state index in [1.165, 1.54) is 17.3 Å². The smallest absolute Gasteiger partial charge is 0.230 e. The number of hydrogen-bond donors (Lipinski definition) is 1. The zero-order valence-electron chi connectivity index (χ0n) is 17.8. The summed E-state index contributed by atoms with van der Waals surface area (Å²) in [5.41, 5.74) is 2.07. The third kappa shape index (κ3) is 5.64. The van der Waals surface area contributed by atoms with Crippen LogP contribution in [0.5, 0.6) is 0 Å². The first kappa shape index (κ1) is 23.1. The molecule has 1 N–H and O–H groups in total. The van der Waals surface area contributed by atoms with Gasteiger partial charge in [0.25, 0.3) is 0 Å². The highest BCUT2D eigenvalue weighted by Gasteiger charge is 2.24. The first-order chi connectivity index (χ1) is 15.5. The van der Waals surface area contributed by atoms with Crippen LogP contribution in [0.15, 0.2) is 53.7 Å². The van der Waals surface area contributed by atoms with Crippen LogP contribution in [0.3, 0.4) is 0 Å². The van der Waals surface area contributed by atoms with Crippen molar-refractivity contribution in [3.63, 3.8) is 0 Å². The molecule has 1 aromatic heterocycles. The van der Waals surface area contributed by atoms with Crippen molar-refractivity contribution in [2.45, 2.75) is 37.6 Å². The number of carbonyl (C=O) groups is 1. The Kier molecular flexibility index (Phi) is 7.73. The van der Waals surface area contributed by atoms with Crippen LogP contribution in [0.2, 0.25) is 10.0 Å². The van der Waals surface area contributed by atoms with Crippen molar-refractivity contribution in [3.05, 3.63) is 64.1 Å². The van der Waals surface area contributed by atoms with Gasteiger partial charge in [0.15, 0.2) is 11.0 Å². The Morgan fingerprint density at radius 1 is 1.19 bits per heavy atom. The number of rotatable bonds is 8. The van der Waals surface area contributed by atoms with Crippen molar-refractivity contribution in [3.8, 4) is 11.4 Å². The second-order valence-electron chi connectivity index (χ2n) is 7.74. The molecule has 1 aliphatic heterocycles. The molecule has 9 heteroatoms. The van der Waals surface area contributed by atoms with Gasteiger partial charge >= 0.3 is 0 Å². The summed E-state index contributed by atoms with van der Waals surface area (Å²) in [6, 6.07) is 15.9. The third-order valence-corrected chi connectivity index (χ3v) is 6.94. The van der Waals surface area contributed by atoms with Crippen LogP contribution in [0.4, 0.5) is 0 Å². The predicted octanol–water partition coefficient (Wildman–Crippen LogP) is 4.75. The van der Waals surface area contributed by atoms with Gasteiger partial charge < -0.3 is 9.88 Å². The Hall–Kier alpha value is -2.06. The monoisotopic (exact) mass is 489 g/mol. The molecule has 0 bridgehead atoms. The molecule has 3 aromatic rings. The highest BCUT2D eigenvalue weighted by Crippen LogP contribution is 2.31. The van der Waals surface area contributed by atoms with Gasteiger partial charge in [0.05, 0.1) is 10.8 Å². The Balaban J connectivity index is 1.31. The van der Waals surface area contributed by atoms with E-state index in [-0.39, 0.29) is 11.9 Å². The summed E-state index contributed by atoms with van der Waals surface area (Å²) in [6.07, 6.45) is 0.966. The topological polar surface area (TPSA) is 63.1 Å². The molecule has 4 rings (SSSR count). The van der Waals surface area contributed by atoms with Crippen molar-refractivity contribution in [1.82, 2.24) is 25.0 Å². The molecule has 1 atom stereocenters. The Morgan fingerprint density at radius 2 is 2.00 bits per heavy atom. The maximum absolute atomic E-state index is 12.6. The molecule has 1 fully saturated rings. The molecule has 6 nitrogen and oxygen atoms in total. The number of benzene rings is 2. The lowest BCUT2D eigenvalue weighted by atomic mass is 10.2. The maximum atomic E-state index is 12.6. The van der Waals surface area contributed by atoms with Crippen molar-refractivity contribution in [1.29, 1.82) is 0 Å². The number of nitrogens with zero attached hydrogens (tertiary/aromatic N) is 4. The molecule has 1 saturated heterocycles. The molecule has 0 spiro atoms. The zero-order valence-corrected chi connectivity index (χ0v) is 20.1. The fourth-order valence-electron chi connectivity index (χ4n) is 3.89. The van der Waals surface area contributed by atoms with Crippen LogP contribution in [0, 0.1) is 0 Å². The van der Waals surface area contributed by atoms with Gasteiger partial charge in [-0.25, -0.2) is 0 Å². The number of nitrogens with one attached hydrogen (secondary N) is 1. The molecule has 0 saturated carbocycles. The van der Waals surface area contributed by atoms with E-state index >= 15 is 0 Å². The lowest BCUT2D eigenvalue weighted by Gasteiger charge is -2.16. The summed E-state index contributed by atoms with van der Waals surface area (Å²) >= 11 is 13.7. The number of likely N-dealkylation sites (tertiary alicyclic amines) is 1. The van der Waals surface area contributed by atoms with Gasteiger partial charge in [-0.1, -0.05) is 65.3 Å². The minimum absolute atomic E-state index is 0.0123. The van der Waals surface area contributed by atoms with Gasteiger partial charge in [-0.3, -0.25) is 9.69 Å². The number of thioether (sulfide) groups is 1. The van der Waals surface area contributed by atoms with Gasteiger partial charge in [-0.2, -0.15) is 0 Å². The normalized spacial score (nSPS) is 16.4. The minimum Gasteiger partial charge on any atom is -0.351 e. The molecule has 2 heterocycles. The largest absolute Gasteiger partial charge is 0.351 e. The second kappa shape index (κ2) is 10.7. The third-order valence-electron chi connectivity index (χ3n) is 5.42. The fourth-order valence-corrected chi connectivity index (χ4v) is 5.19. The summed E-state index contributed by atoms with van der Waals surface area (Å²) in [4.78, 5) is 14.9. The zero-order chi connectivity index (χ0) is 22.5. The van der Waals surface area contributed by atoms with Crippen LogP contribution < -0.4 is 5.32 Å². The van der Waals surface area contributed by atoms with E-state index < -0.39 is 0 Å². The summed E-state index contributed by atoms with van der Waals surface area (Å²) in [5.74, 6) is 0.976. The molecule has 0 aliphatic carbocycles. The van der Waals surface area contributed by atoms with E-state index in [9.17, 15) is 4.79 Å². The summed E-state index contributed by atoms with van der Waals surface area (Å²) in [7, 11) is 0. The predicted molar refractivity (Wildman–Crippen MR) is 130 cm³/mol. The number of hydrogen-bond acceptors (Lipinski definition) is 5. The first-order valence-electron chi connectivity index (χ1n) is 10.6. The summed E-state index contributed by atoms with van der Waals surface area (Å²) in [6.45, 7) is 5.46. The lowest BCUT2D eigenvalue weighted by molar-refractivity contribution is -0.119. The van der Waals surface area contributed by atoms with E-state index in [0.29, 0.717) is 33.3 Å². The number of carbonyl (C=O) groups excluding carboxylic acids is 1. The number of halogens is 2. The average Bonchev–Trinajstić information content (AvgIpc) is 3.39. The standard InChI is InChI=1S/C23H25Cl2N5OS/c1-2-30-22(19-9-8-17(24)12-20(19)25)27-28-23(30)32-15-21(31)26-18-10-11-29(14-18)13-16-6-4-3-5-7-16/h3-9,12,18H,2,10-11,13-15H2,1H3,(H,26,31). The minimum atomic E-state index is 0.0123. The van der Waals surface area contributed by atoms with Gasteiger partial charge in [0.1, 0.15) is 0 Å². The molecular formula is C23H25Cl2N5OS. The molecule has 2 aromatic carbocycles. The summed E-state index contributed by atoms with van der Waals surface area (Å²) in [5, 5.41) is 13.5. The lowest BCUT2D eigenvalue weighted by Crippen LogP contribution is -2.38. The molecule has 1 amide bonds. The van der Waals surface area contributed by atoms with E-state index in [1.54, 1.807) is 12.1 Å². The molecular weight excluding hydrogens is 465 g/mol. The molecule has 168 valence electrons. The number of aromatic nitrogens is 3. The number of amides is 1.